The van der Waals surface area contributed by atoms with E-state index < -0.39 is 0 Å². The predicted octanol–water partition coefficient (Wildman–Crippen LogP) is 2.04. The summed E-state index contributed by atoms with van der Waals surface area (Å²) in [5.74, 6) is 2.50. The van der Waals surface area contributed by atoms with Crippen LogP contribution in [0.15, 0.2) is 35.6 Å². The number of aryl methyl sites for hydroxylation is 1. The van der Waals surface area contributed by atoms with Crippen LogP contribution in [-0.4, -0.2) is 67.6 Å². The Morgan fingerprint density at radius 2 is 1.93 bits per heavy atom. The molecule has 1 aliphatic rings. The average molecular weight is 528 g/mol. The van der Waals surface area contributed by atoms with Gasteiger partial charge in [-0.2, -0.15) is 5.10 Å². The molecule has 1 saturated heterocycles. The van der Waals surface area contributed by atoms with Gasteiger partial charge in [-0.25, -0.2) is 0 Å². The van der Waals surface area contributed by atoms with Crippen molar-refractivity contribution >= 4 is 29.9 Å². The van der Waals surface area contributed by atoms with Crippen molar-refractivity contribution in [3.8, 4) is 11.5 Å². The molecule has 1 aliphatic heterocycles. The van der Waals surface area contributed by atoms with E-state index in [1.165, 1.54) is 11.1 Å². The van der Waals surface area contributed by atoms with Crippen LogP contribution >= 0.6 is 24.0 Å². The van der Waals surface area contributed by atoms with Crippen LogP contribution in [0.3, 0.4) is 0 Å². The maximum Gasteiger partial charge on any atom is 0.191 e. The lowest BCUT2D eigenvalue weighted by Crippen LogP contribution is -2.45. The number of aliphatic imine (C=N–C) groups is 1. The molecule has 3 rings (SSSR count). The second kappa shape index (κ2) is 12.0. The standard InChI is InChI=1S/C21H32N6O2.HI/c1-22-21(23-7-5-16-12-24-26(2)13-16)25-18-6-8-27(15-18)14-17-9-19(28-3)11-20(10-17)29-4;/h9-13,18H,5-8,14-15H2,1-4H3,(H2,22,23,25);1H. The van der Waals surface area contributed by atoms with Crippen molar-refractivity contribution in [2.24, 2.45) is 12.0 Å². The van der Waals surface area contributed by atoms with E-state index >= 15 is 0 Å². The van der Waals surface area contributed by atoms with Crippen LogP contribution in [0.25, 0.3) is 0 Å². The van der Waals surface area contributed by atoms with Gasteiger partial charge in [-0.1, -0.05) is 0 Å². The van der Waals surface area contributed by atoms with Crippen molar-refractivity contribution in [1.29, 1.82) is 0 Å². The maximum atomic E-state index is 5.38. The molecule has 1 aromatic heterocycles. The average Bonchev–Trinajstić information content (AvgIpc) is 3.35. The fourth-order valence-electron chi connectivity index (χ4n) is 3.62. The van der Waals surface area contributed by atoms with E-state index in [9.17, 15) is 0 Å². The van der Waals surface area contributed by atoms with E-state index in [0.29, 0.717) is 6.04 Å². The molecule has 2 N–H and O–H groups in total. The van der Waals surface area contributed by atoms with Gasteiger partial charge in [0, 0.05) is 58.6 Å². The van der Waals surface area contributed by atoms with Crippen LogP contribution in [0.4, 0.5) is 0 Å². The third-order valence-electron chi connectivity index (χ3n) is 5.12. The van der Waals surface area contributed by atoms with Crippen LogP contribution in [0.5, 0.6) is 11.5 Å². The molecule has 1 atom stereocenters. The van der Waals surface area contributed by atoms with Crippen LogP contribution in [-0.2, 0) is 20.0 Å². The summed E-state index contributed by atoms with van der Waals surface area (Å²) in [7, 11) is 7.11. The normalized spacial score (nSPS) is 16.8. The molecule has 1 unspecified atom stereocenters. The van der Waals surface area contributed by atoms with Gasteiger partial charge in [-0.3, -0.25) is 14.6 Å². The number of nitrogens with one attached hydrogen (secondary N) is 2. The molecule has 9 heteroatoms. The summed E-state index contributed by atoms with van der Waals surface area (Å²) in [6.45, 7) is 3.72. The van der Waals surface area contributed by atoms with Crippen molar-refractivity contribution in [2.75, 3.05) is 40.9 Å². The van der Waals surface area contributed by atoms with Gasteiger partial charge < -0.3 is 20.1 Å². The zero-order chi connectivity index (χ0) is 20.6. The fraction of sp³-hybridized carbons (Fsp3) is 0.524. The van der Waals surface area contributed by atoms with Crippen LogP contribution in [0, 0.1) is 0 Å². The van der Waals surface area contributed by atoms with E-state index in [0.717, 1.165) is 56.5 Å². The van der Waals surface area contributed by atoms with Gasteiger partial charge in [0.1, 0.15) is 11.5 Å². The number of hydrogen-bond acceptors (Lipinski definition) is 5. The molecule has 0 bridgehead atoms. The van der Waals surface area contributed by atoms with Crippen LogP contribution in [0.2, 0.25) is 0 Å². The predicted molar refractivity (Wildman–Crippen MR) is 130 cm³/mol. The number of methoxy groups -OCH3 is 2. The van der Waals surface area contributed by atoms with Crippen molar-refractivity contribution < 1.29 is 9.47 Å². The van der Waals surface area contributed by atoms with E-state index in [4.69, 9.17) is 9.47 Å². The molecule has 1 fully saturated rings. The minimum Gasteiger partial charge on any atom is -0.497 e. The fourth-order valence-corrected chi connectivity index (χ4v) is 3.62. The Bertz CT molecular complexity index is 803. The molecular formula is C21H33IN6O2. The number of nitrogens with zero attached hydrogens (tertiary/aromatic N) is 4. The van der Waals surface area contributed by atoms with Crippen LogP contribution < -0.4 is 20.1 Å². The largest absolute Gasteiger partial charge is 0.497 e. The van der Waals surface area contributed by atoms with Gasteiger partial charge in [0.25, 0.3) is 0 Å². The summed E-state index contributed by atoms with van der Waals surface area (Å²) in [5.41, 5.74) is 2.41. The Morgan fingerprint density at radius 3 is 2.53 bits per heavy atom. The van der Waals surface area contributed by atoms with Gasteiger partial charge in [0.2, 0.25) is 0 Å². The first-order chi connectivity index (χ1) is 14.1. The number of guanidine groups is 1. The Hall–Kier alpha value is -2.01. The lowest BCUT2D eigenvalue weighted by atomic mass is 10.2. The monoisotopic (exact) mass is 528 g/mol. The first-order valence-electron chi connectivity index (χ1n) is 9.98. The van der Waals surface area contributed by atoms with Crippen molar-refractivity contribution in [3.63, 3.8) is 0 Å². The molecule has 8 nitrogen and oxygen atoms in total. The second-order valence-corrected chi connectivity index (χ2v) is 7.36. The lowest BCUT2D eigenvalue weighted by molar-refractivity contribution is 0.321. The molecule has 0 aliphatic carbocycles. The molecule has 0 amide bonds. The quantitative estimate of drug-likeness (QED) is 0.311. The highest BCUT2D eigenvalue weighted by molar-refractivity contribution is 14.0. The molecule has 166 valence electrons. The summed E-state index contributed by atoms with van der Waals surface area (Å²) in [5, 5.41) is 11.1. The smallest absolute Gasteiger partial charge is 0.191 e. The Labute approximate surface area is 196 Å². The molecular weight excluding hydrogens is 495 g/mol. The highest BCUT2D eigenvalue weighted by Crippen LogP contribution is 2.24. The number of hydrogen-bond donors (Lipinski definition) is 2. The second-order valence-electron chi connectivity index (χ2n) is 7.36. The SMILES string of the molecule is CN=C(NCCc1cnn(C)c1)NC1CCN(Cc2cc(OC)cc(OC)c2)C1.I. The number of rotatable bonds is 8. The minimum atomic E-state index is 0. The van der Waals surface area contributed by atoms with Gasteiger partial charge >= 0.3 is 0 Å². The van der Waals surface area contributed by atoms with Gasteiger partial charge in [-0.05, 0) is 36.1 Å². The number of ether oxygens (including phenoxy) is 2. The van der Waals surface area contributed by atoms with Crippen molar-refractivity contribution in [3.05, 3.63) is 41.7 Å². The Balaban J connectivity index is 0.00000320. The van der Waals surface area contributed by atoms with E-state index in [-0.39, 0.29) is 24.0 Å². The molecule has 1 aromatic carbocycles. The lowest BCUT2D eigenvalue weighted by Gasteiger charge is -2.19. The van der Waals surface area contributed by atoms with Gasteiger partial charge in [-0.15, -0.1) is 24.0 Å². The zero-order valence-corrected chi connectivity index (χ0v) is 20.6. The summed E-state index contributed by atoms with van der Waals surface area (Å²) < 4.78 is 12.6. The molecule has 0 saturated carbocycles. The topological polar surface area (TPSA) is 75.9 Å². The van der Waals surface area contributed by atoms with Gasteiger partial charge in [0.05, 0.1) is 20.4 Å². The molecule has 2 aromatic rings. The zero-order valence-electron chi connectivity index (χ0n) is 18.2. The maximum absolute atomic E-state index is 5.38. The van der Waals surface area contributed by atoms with Crippen molar-refractivity contribution in [2.45, 2.75) is 25.4 Å². The molecule has 0 radical (unpaired) electrons. The third-order valence-corrected chi connectivity index (χ3v) is 5.12. The Morgan fingerprint density at radius 1 is 1.20 bits per heavy atom. The number of likely N-dealkylation sites (tertiary alicyclic amines) is 1. The summed E-state index contributed by atoms with van der Waals surface area (Å²) in [6.07, 6.45) is 5.95. The Kier molecular flexibility index (Phi) is 9.70. The third kappa shape index (κ3) is 7.05. The first kappa shape index (κ1) is 24.3. The molecule has 2 heterocycles. The molecule has 30 heavy (non-hydrogen) atoms. The summed E-state index contributed by atoms with van der Waals surface area (Å²) in [4.78, 5) is 6.80. The van der Waals surface area contributed by atoms with E-state index in [2.05, 4.69) is 37.8 Å². The molecule has 0 spiro atoms. The first-order valence-corrected chi connectivity index (χ1v) is 9.98. The van der Waals surface area contributed by atoms with Crippen molar-refractivity contribution in [1.82, 2.24) is 25.3 Å². The van der Waals surface area contributed by atoms with Gasteiger partial charge in [0.15, 0.2) is 5.96 Å². The number of halogens is 1. The van der Waals surface area contributed by atoms with E-state index in [1.807, 2.05) is 37.2 Å². The highest BCUT2D eigenvalue weighted by atomic mass is 127. The van der Waals surface area contributed by atoms with Crippen LogP contribution in [0.1, 0.15) is 17.5 Å². The summed E-state index contributed by atoms with van der Waals surface area (Å²) in [6, 6.07) is 6.43. The number of aromatic nitrogens is 2. The highest BCUT2D eigenvalue weighted by Gasteiger charge is 2.23. The van der Waals surface area contributed by atoms with E-state index in [1.54, 1.807) is 14.2 Å². The minimum absolute atomic E-state index is 0. The number of benzene rings is 1. The summed E-state index contributed by atoms with van der Waals surface area (Å²) >= 11 is 0.